The Kier molecular flexibility index (Phi) is 4.30. The van der Waals surface area contributed by atoms with Crippen molar-refractivity contribution in [3.8, 4) is 5.75 Å². The van der Waals surface area contributed by atoms with E-state index in [1.165, 1.54) is 18.2 Å². The molecule has 1 aromatic heterocycles. The van der Waals surface area contributed by atoms with Crippen LogP contribution >= 0.6 is 0 Å². The molecule has 3 nitrogen and oxygen atoms in total. The van der Waals surface area contributed by atoms with Gasteiger partial charge in [0.25, 0.3) is 0 Å². The summed E-state index contributed by atoms with van der Waals surface area (Å²) in [4.78, 5) is 0. The highest BCUT2D eigenvalue weighted by Gasteiger charge is 2.13. The van der Waals surface area contributed by atoms with Crippen molar-refractivity contribution in [1.29, 1.82) is 0 Å². The first-order valence-electron chi connectivity index (χ1n) is 7.31. The van der Waals surface area contributed by atoms with Gasteiger partial charge in [0.2, 0.25) is 0 Å². The molecule has 0 radical (unpaired) electrons. The van der Waals surface area contributed by atoms with Crippen LogP contribution in [0.1, 0.15) is 24.3 Å². The molecule has 1 unspecified atom stereocenters. The molecule has 0 aliphatic rings. The van der Waals surface area contributed by atoms with Crippen LogP contribution in [-0.2, 0) is 6.54 Å². The molecule has 120 valence electrons. The molecule has 3 rings (SSSR count). The zero-order chi connectivity index (χ0) is 16.4. The maximum atomic E-state index is 13.8. The van der Waals surface area contributed by atoms with E-state index >= 15 is 0 Å². The molecule has 3 aromatic rings. The number of nitrogens with one attached hydrogen (secondary N) is 1. The molecular weight excluding hydrogens is 300 g/mol. The highest BCUT2D eigenvalue weighted by Crippen LogP contribution is 2.25. The highest BCUT2D eigenvalue weighted by molar-refractivity contribution is 5.78. The Labute approximate surface area is 132 Å². The van der Waals surface area contributed by atoms with Crippen molar-refractivity contribution in [3.05, 3.63) is 65.4 Å². The van der Waals surface area contributed by atoms with Crippen molar-refractivity contribution < 1.29 is 17.9 Å². The van der Waals surface area contributed by atoms with Gasteiger partial charge < -0.3 is 14.5 Å². The summed E-state index contributed by atoms with van der Waals surface area (Å²) >= 11 is 0. The van der Waals surface area contributed by atoms with Gasteiger partial charge in [-0.1, -0.05) is 0 Å². The fraction of sp³-hybridized carbons (Fsp3) is 0.222. The molecule has 1 atom stereocenters. The third-order valence-corrected chi connectivity index (χ3v) is 3.78. The van der Waals surface area contributed by atoms with Gasteiger partial charge >= 0.3 is 0 Å². The molecule has 0 bridgehead atoms. The van der Waals surface area contributed by atoms with Gasteiger partial charge in [-0.05, 0) is 49.4 Å². The van der Waals surface area contributed by atoms with E-state index in [0.717, 1.165) is 0 Å². The Hall–Kier alpha value is -2.40. The van der Waals surface area contributed by atoms with Gasteiger partial charge in [-0.25, -0.2) is 8.78 Å². The van der Waals surface area contributed by atoms with E-state index in [0.29, 0.717) is 34.6 Å². The highest BCUT2D eigenvalue weighted by atomic mass is 19.1. The predicted octanol–water partition coefficient (Wildman–Crippen LogP) is 4.57. The average Bonchev–Trinajstić information content (AvgIpc) is 2.97. The Morgan fingerprint density at radius 3 is 2.74 bits per heavy atom. The largest absolute Gasteiger partial charge is 0.497 e. The smallest absolute Gasteiger partial charge is 0.134 e. The number of hydrogen-bond donors (Lipinski definition) is 1. The minimum absolute atomic E-state index is 0.143. The van der Waals surface area contributed by atoms with E-state index in [1.807, 2.05) is 6.92 Å². The second-order valence-electron chi connectivity index (χ2n) is 5.39. The van der Waals surface area contributed by atoms with Gasteiger partial charge in [0, 0.05) is 17.5 Å². The van der Waals surface area contributed by atoms with Crippen LogP contribution in [0.15, 0.2) is 46.9 Å². The standard InChI is InChI=1S/C18H17F2NO2/c1-11(18-9-12-7-14(19)3-6-17(12)23-18)21-10-13-8-15(22-2)4-5-16(13)20/h3-9,11,21H,10H2,1-2H3. The first kappa shape index (κ1) is 15.5. The number of halogens is 2. The number of methoxy groups -OCH3 is 1. The molecule has 23 heavy (non-hydrogen) atoms. The van der Waals surface area contributed by atoms with Crippen molar-refractivity contribution in [2.24, 2.45) is 0 Å². The molecular formula is C18H17F2NO2. The summed E-state index contributed by atoms with van der Waals surface area (Å²) in [6, 6.07) is 10.6. The lowest BCUT2D eigenvalue weighted by Crippen LogP contribution is -2.18. The van der Waals surface area contributed by atoms with E-state index in [4.69, 9.17) is 9.15 Å². The lowest BCUT2D eigenvalue weighted by atomic mass is 10.1. The second kappa shape index (κ2) is 6.38. The first-order valence-corrected chi connectivity index (χ1v) is 7.31. The van der Waals surface area contributed by atoms with Crippen molar-refractivity contribution in [2.75, 3.05) is 7.11 Å². The van der Waals surface area contributed by atoms with E-state index < -0.39 is 0 Å². The maximum Gasteiger partial charge on any atom is 0.134 e. The van der Waals surface area contributed by atoms with E-state index in [2.05, 4.69) is 5.32 Å². The van der Waals surface area contributed by atoms with Gasteiger partial charge in [0.05, 0.1) is 13.2 Å². The molecule has 0 aliphatic carbocycles. The van der Waals surface area contributed by atoms with Crippen LogP contribution in [0.4, 0.5) is 8.78 Å². The summed E-state index contributed by atoms with van der Waals surface area (Å²) in [7, 11) is 1.54. The second-order valence-corrected chi connectivity index (χ2v) is 5.39. The van der Waals surface area contributed by atoms with Crippen LogP contribution < -0.4 is 10.1 Å². The fourth-order valence-corrected chi connectivity index (χ4v) is 2.43. The van der Waals surface area contributed by atoms with Crippen LogP contribution in [0.5, 0.6) is 5.75 Å². The maximum absolute atomic E-state index is 13.8. The topological polar surface area (TPSA) is 34.4 Å². The number of furan rings is 1. The molecule has 5 heteroatoms. The van der Waals surface area contributed by atoms with Crippen LogP contribution in [0, 0.1) is 11.6 Å². The minimum atomic E-state index is -0.302. The number of benzene rings is 2. The molecule has 1 heterocycles. The van der Waals surface area contributed by atoms with E-state index in [-0.39, 0.29) is 17.7 Å². The molecule has 0 saturated carbocycles. The summed E-state index contributed by atoms with van der Waals surface area (Å²) in [6.45, 7) is 2.24. The Bertz CT molecular complexity index is 829. The minimum Gasteiger partial charge on any atom is -0.497 e. The molecule has 1 N–H and O–H groups in total. The summed E-state index contributed by atoms with van der Waals surface area (Å²) in [6.07, 6.45) is 0. The van der Waals surface area contributed by atoms with Crippen LogP contribution in [0.3, 0.4) is 0 Å². The Morgan fingerprint density at radius 1 is 1.13 bits per heavy atom. The molecule has 0 spiro atoms. The first-order chi connectivity index (χ1) is 11.1. The summed E-state index contributed by atoms with van der Waals surface area (Å²) in [5.74, 6) is 0.685. The number of rotatable bonds is 5. The third kappa shape index (κ3) is 3.35. The predicted molar refractivity (Wildman–Crippen MR) is 84.4 cm³/mol. The van der Waals surface area contributed by atoms with Crippen LogP contribution in [0.2, 0.25) is 0 Å². The molecule has 0 saturated heterocycles. The zero-order valence-corrected chi connectivity index (χ0v) is 12.9. The van der Waals surface area contributed by atoms with E-state index in [1.54, 1.807) is 31.4 Å². The van der Waals surface area contributed by atoms with Crippen molar-refractivity contribution in [3.63, 3.8) is 0 Å². The number of hydrogen-bond acceptors (Lipinski definition) is 3. The number of fused-ring (bicyclic) bond motifs is 1. The van der Waals surface area contributed by atoms with E-state index in [9.17, 15) is 8.78 Å². The lowest BCUT2D eigenvalue weighted by Gasteiger charge is -2.12. The number of ether oxygens (including phenoxy) is 1. The Morgan fingerprint density at radius 2 is 1.96 bits per heavy atom. The van der Waals surface area contributed by atoms with Gasteiger partial charge in [0.15, 0.2) is 0 Å². The molecule has 2 aromatic carbocycles. The van der Waals surface area contributed by atoms with Crippen LogP contribution in [0.25, 0.3) is 11.0 Å². The van der Waals surface area contributed by atoms with Gasteiger partial charge in [-0.3, -0.25) is 0 Å². The molecule has 0 amide bonds. The monoisotopic (exact) mass is 317 g/mol. The third-order valence-electron chi connectivity index (χ3n) is 3.78. The lowest BCUT2D eigenvalue weighted by molar-refractivity contribution is 0.410. The summed E-state index contributed by atoms with van der Waals surface area (Å²) in [5, 5.41) is 3.91. The fourth-order valence-electron chi connectivity index (χ4n) is 2.43. The SMILES string of the molecule is COc1ccc(F)c(CNC(C)c2cc3cc(F)ccc3o2)c1. The van der Waals surface area contributed by atoms with Crippen LogP contribution in [-0.4, -0.2) is 7.11 Å². The van der Waals surface area contributed by atoms with Gasteiger partial charge in [-0.15, -0.1) is 0 Å². The zero-order valence-electron chi connectivity index (χ0n) is 12.9. The van der Waals surface area contributed by atoms with Gasteiger partial charge in [0.1, 0.15) is 28.7 Å². The quantitative estimate of drug-likeness (QED) is 0.748. The Balaban J connectivity index is 1.74. The average molecular weight is 317 g/mol. The van der Waals surface area contributed by atoms with Gasteiger partial charge in [-0.2, -0.15) is 0 Å². The summed E-state index contributed by atoms with van der Waals surface area (Å²) in [5.41, 5.74) is 1.14. The molecule has 0 fully saturated rings. The van der Waals surface area contributed by atoms with Crippen molar-refractivity contribution >= 4 is 11.0 Å². The normalized spacial score (nSPS) is 12.5. The molecule has 0 aliphatic heterocycles. The van der Waals surface area contributed by atoms with Crippen molar-refractivity contribution in [1.82, 2.24) is 5.32 Å². The summed E-state index contributed by atoms with van der Waals surface area (Å²) < 4.78 is 37.8. The van der Waals surface area contributed by atoms with Crippen molar-refractivity contribution in [2.45, 2.75) is 19.5 Å².